The van der Waals surface area contributed by atoms with Crippen molar-refractivity contribution in [2.75, 3.05) is 6.54 Å². The Balaban J connectivity index is 1.58. The summed E-state index contributed by atoms with van der Waals surface area (Å²) in [6.45, 7) is 2.49. The Bertz CT molecular complexity index is 1480. The molecule has 9 nitrogen and oxygen atoms in total. The summed E-state index contributed by atoms with van der Waals surface area (Å²) < 4.78 is 30.4. The van der Waals surface area contributed by atoms with E-state index in [4.69, 9.17) is 0 Å². The van der Waals surface area contributed by atoms with Crippen LogP contribution >= 0.6 is 0 Å². The maximum Gasteiger partial charge on any atom is 0.331 e. The highest BCUT2D eigenvalue weighted by Gasteiger charge is 2.16. The van der Waals surface area contributed by atoms with Crippen molar-refractivity contribution in [1.29, 1.82) is 0 Å². The molecule has 0 bridgehead atoms. The maximum absolute atomic E-state index is 12.6. The van der Waals surface area contributed by atoms with Crippen molar-refractivity contribution in [2.45, 2.75) is 24.8 Å². The van der Waals surface area contributed by atoms with Crippen LogP contribution in [0.4, 0.5) is 0 Å². The van der Waals surface area contributed by atoms with Crippen molar-refractivity contribution >= 4 is 21.1 Å². The number of nitrogens with one attached hydrogen (secondary N) is 2. The van der Waals surface area contributed by atoms with Gasteiger partial charge in [0.05, 0.1) is 10.4 Å². The van der Waals surface area contributed by atoms with E-state index in [1.54, 1.807) is 24.4 Å². The molecule has 0 saturated heterocycles. The minimum atomic E-state index is -3.67. The van der Waals surface area contributed by atoms with E-state index in [1.807, 2.05) is 25.1 Å². The van der Waals surface area contributed by atoms with Crippen molar-refractivity contribution in [1.82, 2.24) is 23.8 Å². The largest absolute Gasteiger partial charge is 0.349 e. The zero-order chi connectivity index (χ0) is 22.9. The number of benzene rings is 1. The van der Waals surface area contributed by atoms with Crippen LogP contribution in [0.1, 0.15) is 12.6 Å². The Morgan fingerprint density at radius 3 is 2.50 bits per heavy atom. The SMILES string of the molecule is CCn1c(=O)n(C)c(=O)c2[nH]c(-c3ccc(S(=O)(=O)NCCc4ccccn4)cc3)cc21. The minimum Gasteiger partial charge on any atom is -0.349 e. The van der Waals surface area contributed by atoms with E-state index in [0.717, 1.165) is 10.3 Å². The molecule has 0 saturated carbocycles. The van der Waals surface area contributed by atoms with Crippen LogP contribution < -0.4 is 16.0 Å². The van der Waals surface area contributed by atoms with Crippen molar-refractivity contribution in [2.24, 2.45) is 7.05 Å². The Morgan fingerprint density at radius 1 is 1.09 bits per heavy atom. The monoisotopic (exact) mass is 453 g/mol. The lowest BCUT2D eigenvalue weighted by atomic mass is 10.1. The molecule has 3 aromatic heterocycles. The number of sulfonamides is 1. The van der Waals surface area contributed by atoms with E-state index in [9.17, 15) is 18.0 Å². The van der Waals surface area contributed by atoms with Crippen molar-refractivity contribution in [3.63, 3.8) is 0 Å². The van der Waals surface area contributed by atoms with Crippen LogP contribution in [0.3, 0.4) is 0 Å². The molecule has 4 aromatic rings. The molecule has 32 heavy (non-hydrogen) atoms. The fraction of sp³-hybridized carbons (Fsp3) is 0.227. The molecule has 0 radical (unpaired) electrons. The Morgan fingerprint density at radius 2 is 1.84 bits per heavy atom. The van der Waals surface area contributed by atoms with Gasteiger partial charge in [0.1, 0.15) is 5.52 Å². The molecule has 0 aliphatic rings. The molecule has 0 aliphatic carbocycles. The first kappa shape index (κ1) is 21.7. The molecule has 4 rings (SSSR count). The smallest absolute Gasteiger partial charge is 0.331 e. The van der Waals surface area contributed by atoms with Gasteiger partial charge in [-0.3, -0.25) is 18.9 Å². The van der Waals surface area contributed by atoms with Crippen molar-refractivity contribution < 1.29 is 8.42 Å². The summed E-state index contributed by atoms with van der Waals surface area (Å²) in [4.78, 5) is 32.2. The normalized spacial score (nSPS) is 11.8. The van der Waals surface area contributed by atoms with Crippen LogP contribution in [0, 0.1) is 0 Å². The fourth-order valence-corrected chi connectivity index (χ4v) is 4.61. The van der Waals surface area contributed by atoms with Crippen LogP contribution in [0.25, 0.3) is 22.3 Å². The molecule has 1 aromatic carbocycles. The summed E-state index contributed by atoms with van der Waals surface area (Å²) >= 11 is 0. The van der Waals surface area contributed by atoms with Crippen molar-refractivity contribution in [3.05, 3.63) is 81.3 Å². The number of aromatic nitrogens is 4. The first-order chi connectivity index (χ1) is 15.3. The van der Waals surface area contributed by atoms with Gasteiger partial charge in [0.2, 0.25) is 10.0 Å². The van der Waals surface area contributed by atoms with Crippen molar-refractivity contribution in [3.8, 4) is 11.3 Å². The van der Waals surface area contributed by atoms with Gasteiger partial charge in [0.15, 0.2) is 0 Å². The molecule has 3 heterocycles. The van der Waals surface area contributed by atoms with E-state index in [-0.39, 0.29) is 17.1 Å². The molecule has 0 atom stereocenters. The summed E-state index contributed by atoms with van der Waals surface area (Å²) in [6, 6.07) is 13.6. The second kappa shape index (κ2) is 8.56. The summed E-state index contributed by atoms with van der Waals surface area (Å²) in [6.07, 6.45) is 2.16. The highest BCUT2D eigenvalue weighted by atomic mass is 32.2. The lowest BCUT2D eigenvalue weighted by Gasteiger charge is -2.07. The standard InChI is InChI=1S/C22H23N5O4S/c1-3-27-19-14-18(25-20(19)21(28)26(2)22(27)29)15-7-9-17(10-8-15)32(30,31)24-13-11-16-6-4-5-12-23-16/h4-10,12,14,24-25H,3,11,13H2,1-2H3. The number of fused-ring (bicyclic) bond motifs is 1. The van der Waals surface area contributed by atoms with E-state index in [0.29, 0.717) is 35.3 Å². The number of aryl methyl sites for hydroxylation is 1. The molecule has 2 N–H and O–H groups in total. The van der Waals surface area contributed by atoms with Gasteiger partial charge in [0.25, 0.3) is 5.56 Å². The van der Waals surface area contributed by atoms with Crippen LogP contribution in [-0.4, -0.2) is 34.1 Å². The zero-order valence-electron chi connectivity index (χ0n) is 17.7. The number of nitrogens with zero attached hydrogens (tertiary/aromatic N) is 3. The Hall–Kier alpha value is -3.50. The number of hydrogen-bond donors (Lipinski definition) is 2. The first-order valence-corrected chi connectivity index (χ1v) is 11.6. The van der Waals surface area contributed by atoms with E-state index < -0.39 is 15.6 Å². The fourth-order valence-electron chi connectivity index (χ4n) is 3.58. The molecule has 0 spiro atoms. The third-order valence-corrected chi connectivity index (χ3v) is 6.79. The molecular formula is C22H23N5O4S. The molecule has 0 aliphatic heterocycles. The summed E-state index contributed by atoms with van der Waals surface area (Å²) in [5.41, 5.74) is 2.19. The van der Waals surface area contributed by atoms with E-state index in [2.05, 4.69) is 14.7 Å². The number of H-pyrrole nitrogens is 1. The van der Waals surface area contributed by atoms with Crippen LogP contribution in [-0.2, 0) is 30.0 Å². The number of hydrogen-bond acceptors (Lipinski definition) is 5. The summed E-state index contributed by atoms with van der Waals surface area (Å²) in [7, 11) is -2.23. The average molecular weight is 454 g/mol. The van der Waals surface area contributed by atoms with Crippen LogP contribution in [0.5, 0.6) is 0 Å². The molecular weight excluding hydrogens is 430 g/mol. The highest BCUT2D eigenvalue weighted by Crippen LogP contribution is 2.23. The molecule has 0 amide bonds. The quantitative estimate of drug-likeness (QED) is 0.441. The predicted molar refractivity (Wildman–Crippen MR) is 122 cm³/mol. The van der Waals surface area contributed by atoms with Gasteiger partial charge < -0.3 is 4.98 Å². The summed E-state index contributed by atoms with van der Waals surface area (Å²) in [5, 5.41) is 0. The van der Waals surface area contributed by atoms with Gasteiger partial charge in [-0.15, -0.1) is 0 Å². The second-order valence-corrected chi connectivity index (χ2v) is 9.09. The van der Waals surface area contributed by atoms with Crippen LogP contribution in [0.15, 0.2) is 69.2 Å². The lowest BCUT2D eigenvalue weighted by Crippen LogP contribution is -2.37. The average Bonchev–Trinajstić information content (AvgIpc) is 3.24. The molecule has 10 heteroatoms. The van der Waals surface area contributed by atoms with Gasteiger partial charge in [-0.05, 0) is 42.8 Å². The van der Waals surface area contributed by atoms with Gasteiger partial charge in [-0.1, -0.05) is 18.2 Å². The lowest BCUT2D eigenvalue weighted by molar-refractivity contribution is 0.581. The number of aromatic amines is 1. The third kappa shape index (κ3) is 4.02. The second-order valence-electron chi connectivity index (χ2n) is 7.33. The molecule has 166 valence electrons. The predicted octanol–water partition coefficient (Wildman–Crippen LogP) is 1.63. The first-order valence-electron chi connectivity index (χ1n) is 10.1. The van der Waals surface area contributed by atoms with Gasteiger partial charge >= 0.3 is 5.69 Å². The van der Waals surface area contributed by atoms with Gasteiger partial charge in [-0.2, -0.15) is 0 Å². The highest BCUT2D eigenvalue weighted by molar-refractivity contribution is 7.89. The molecule has 0 fully saturated rings. The number of rotatable bonds is 7. The number of pyridine rings is 1. The van der Waals surface area contributed by atoms with Gasteiger partial charge in [-0.25, -0.2) is 17.9 Å². The maximum atomic E-state index is 12.6. The topological polar surface area (TPSA) is 119 Å². The van der Waals surface area contributed by atoms with E-state index >= 15 is 0 Å². The molecule has 0 unspecified atom stereocenters. The Kier molecular flexibility index (Phi) is 5.81. The third-order valence-electron chi connectivity index (χ3n) is 5.32. The van der Waals surface area contributed by atoms with Gasteiger partial charge in [0, 0.05) is 44.1 Å². The van der Waals surface area contributed by atoms with Crippen LogP contribution in [0.2, 0.25) is 0 Å². The Labute approximate surface area is 184 Å². The summed E-state index contributed by atoms with van der Waals surface area (Å²) in [5.74, 6) is 0. The zero-order valence-corrected chi connectivity index (χ0v) is 18.5. The van der Waals surface area contributed by atoms with E-state index in [1.165, 1.54) is 23.7 Å². The minimum absolute atomic E-state index is 0.139.